The number of thiazole rings is 1. The first-order valence-electron chi connectivity index (χ1n) is 9.33. The number of aromatic nitrogens is 2. The van der Waals surface area contributed by atoms with E-state index in [-0.39, 0.29) is 23.7 Å². The average Bonchev–Trinajstić information content (AvgIpc) is 3.17. The van der Waals surface area contributed by atoms with Gasteiger partial charge in [0.2, 0.25) is 5.91 Å². The van der Waals surface area contributed by atoms with E-state index in [1.165, 1.54) is 0 Å². The molecule has 2 aromatic heterocycles. The number of carbonyl (C=O) groups is 2. The van der Waals surface area contributed by atoms with Crippen LogP contribution in [0.1, 0.15) is 47.4 Å². The number of benzene rings is 1. The molecule has 0 aliphatic heterocycles. The van der Waals surface area contributed by atoms with Gasteiger partial charge >= 0.3 is 0 Å². The van der Waals surface area contributed by atoms with Crippen molar-refractivity contribution < 1.29 is 9.59 Å². The lowest BCUT2D eigenvalue weighted by Gasteiger charge is -2.13. The van der Waals surface area contributed by atoms with Crippen molar-refractivity contribution in [2.24, 2.45) is 0 Å². The first kappa shape index (κ1) is 20.7. The number of carbonyl (C=O) groups excluding carboxylic acids is 2. The molecule has 6 nitrogen and oxygen atoms in total. The standard InChI is InChI=1S/C22H24N4O2S/c1-22(2,3)21-26-18(14-29-21)12-19(27)24-13-15-4-6-17(7-5-15)25-20(28)16-8-10-23-11-9-16/h4-11,14H,12-13H2,1-3H3,(H,24,27)(H,25,28). The largest absolute Gasteiger partial charge is 0.352 e. The van der Waals surface area contributed by atoms with Crippen molar-refractivity contribution >= 4 is 28.8 Å². The normalized spacial score (nSPS) is 11.1. The van der Waals surface area contributed by atoms with Crippen LogP contribution >= 0.6 is 11.3 Å². The van der Waals surface area contributed by atoms with Gasteiger partial charge < -0.3 is 10.6 Å². The fraction of sp³-hybridized carbons (Fsp3) is 0.273. The number of rotatable bonds is 6. The summed E-state index contributed by atoms with van der Waals surface area (Å²) in [5.74, 6) is -0.253. The molecule has 29 heavy (non-hydrogen) atoms. The van der Waals surface area contributed by atoms with Crippen LogP contribution in [0.25, 0.3) is 0 Å². The Bertz CT molecular complexity index is 976. The van der Waals surface area contributed by atoms with Gasteiger partial charge in [-0.15, -0.1) is 11.3 Å². The number of nitrogens with zero attached hydrogens (tertiary/aromatic N) is 2. The zero-order valence-corrected chi connectivity index (χ0v) is 17.5. The van der Waals surface area contributed by atoms with Crippen LogP contribution in [-0.2, 0) is 23.2 Å². The lowest BCUT2D eigenvalue weighted by atomic mass is 9.98. The van der Waals surface area contributed by atoms with Crippen LogP contribution in [0.3, 0.4) is 0 Å². The molecule has 3 rings (SSSR count). The van der Waals surface area contributed by atoms with Crippen LogP contribution in [0.5, 0.6) is 0 Å². The summed E-state index contributed by atoms with van der Waals surface area (Å²) in [5.41, 5.74) is 2.99. The Balaban J connectivity index is 1.49. The second-order valence-corrected chi connectivity index (χ2v) is 8.59. The zero-order valence-electron chi connectivity index (χ0n) is 16.7. The van der Waals surface area contributed by atoms with Crippen molar-refractivity contribution in [3.63, 3.8) is 0 Å². The molecule has 2 heterocycles. The van der Waals surface area contributed by atoms with E-state index in [0.29, 0.717) is 17.8 Å². The molecule has 0 saturated heterocycles. The molecule has 0 atom stereocenters. The second-order valence-electron chi connectivity index (χ2n) is 7.73. The van der Waals surface area contributed by atoms with Gasteiger partial charge in [0.25, 0.3) is 5.91 Å². The highest BCUT2D eigenvalue weighted by Crippen LogP contribution is 2.25. The van der Waals surface area contributed by atoms with E-state index in [0.717, 1.165) is 16.3 Å². The summed E-state index contributed by atoms with van der Waals surface area (Å²) >= 11 is 1.59. The van der Waals surface area contributed by atoms with Gasteiger partial charge in [0, 0.05) is 41.0 Å². The van der Waals surface area contributed by atoms with Crippen LogP contribution in [0, 0.1) is 0 Å². The van der Waals surface area contributed by atoms with E-state index in [1.54, 1.807) is 35.9 Å². The molecule has 1 aromatic carbocycles. The Kier molecular flexibility index (Phi) is 6.39. The van der Waals surface area contributed by atoms with Gasteiger partial charge in [-0.3, -0.25) is 14.6 Å². The minimum atomic E-state index is -0.189. The highest BCUT2D eigenvalue weighted by molar-refractivity contribution is 7.09. The van der Waals surface area contributed by atoms with Gasteiger partial charge in [-0.1, -0.05) is 32.9 Å². The number of hydrogen-bond donors (Lipinski definition) is 2. The third kappa shape index (κ3) is 5.96. The molecule has 0 fully saturated rings. The lowest BCUT2D eigenvalue weighted by Crippen LogP contribution is -2.24. The fourth-order valence-electron chi connectivity index (χ4n) is 2.57. The average molecular weight is 409 g/mol. The molecule has 0 radical (unpaired) electrons. The smallest absolute Gasteiger partial charge is 0.255 e. The summed E-state index contributed by atoms with van der Waals surface area (Å²) in [5, 5.41) is 8.73. The van der Waals surface area contributed by atoms with Crippen molar-refractivity contribution in [1.82, 2.24) is 15.3 Å². The maximum Gasteiger partial charge on any atom is 0.255 e. The predicted molar refractivity (Wildman–Crippen MR) is 115 cm³/mol. The fourth-order valence-corrected chi connectivity index (χ4v) is 3.48. The molecular weight excluding hydrogens is 384 g/mol. The molecular formula is C22H24N4O2S. The molecule has 0 bridgehead atoms. The Morgan fingerprint density at radius 3 is 2.34 bits per heavy atom. The van der Waals surface area contributed by atoms with Crippen LogP contribution < -0.4 is 10.6 Å². The third-order valence-corrected chi connectivity index (χ3v) is 5.50. The SMILES string of the molecule is CC(C)(C)c1nc(CC(=O)NCc2ccc(NC(=O)c3ccncc3)cc2)cs1. The zero-order chi connectivity index (χ0) is 20.9. The summed E-state index contributed by atoms with van der Waals surface area (Å²) in [4.78, 5) is 32.8. The van der Waals surface area contributed by atoms with E-state index >= 15 is 0 Å². The van der Waals surface area contributed by atoms with Crippen molar-refractivity contribution in [3.8, 4) is 0 Å². The first-order chi connectivity index (χ1) is 13.8. The van der Waals surface area contributed by atoms with Gasteiger partial charge in [-0.25, -0.2) is 4.98 Å². The summed E-state index contributed by atoms with van der Waals surface area (Å²) in [6, 6.07) is 10.7. The molecule has 3 aromatic rings. The Morgan fingerprint density at radius 2 is 1.72 bits per heavy atom. The van der Waals surface area contributed by atoms with Crippen LogP contribution in [0.4, 0.5) is 5.69 Å². The van der Waals surface area contributed by atoms with Gasteiger partial charge in [0.1, 0.15) is 0 Å². The minimum absolute atomic E-state index is 0.00599. The quantitative estimate of drug-likeness (QED) is 0.647. The molecule has 0 spiro atoms. The molecule has 0 aliphatic rings. The summed E-state index contributed by atoms with van der Waals surface area (Å²) in [6.07, 6.45) is 3.43. The van der Waals surface area contributed by atoms with E-state index < -0.39 is 0 Å². The molecule has 2 amide bonds. The molecule has 0 aliphatic carbocycles. The van der Waals surface area contributed by atoms with Gasteiger partial charge in [-0.2, -0.15) is 0 Å². The first-order valence-corrected chi connectivity index (χ1v) is 10.2. The number of hydrogen-bond acceptors (Lipinski definition) is 5. The maximum atomic E-state index is 12.2. The number of amides is 2. The van der Waals surface area contributed by atoms with Gasteiger partial charge in [-0.05, 0) is 29.8 Å². The topological polar surface area (TPSA) is 84.0 Å². The number of pyridine rings is 1. The Hall–Kier alpha value is -3.06. The van der Waals surface area contributed by atoms with Crippen molar-refractivity contribution in [2.45, 2.75) is 39.2 Å². The van der Waals surface area contributed by atoms with Crippen molar-refractivity contribution in [2.75, 3.05) is 5.32 Å². The number of anilines is 1. The Labute approximate surface area is 174 Å². The molecule has 7 heteroatoms. The predicted octanol–water partition coefficient (Wildman–Crippen LogP) is 3.95. The van der Waals surface area contributed by atoms with Crippen LogP contribution in [-0.4, -0.2) is 21.8 Å². The summed E-state index contributed by atoms with van der Waals surface area (Å²) in [6.45, 7) is 6.75. The van der Waals surface area contributed by atoms with Gasteiger partial charge in [0.15, 0.2) is 0 Å². The molecule has 0 unspecified atom stereocenters. The molecule has 0 saturated carbocycles. The minimum Gasteiger partial charge on any atom is -0.352 e. The molecule has 150 valence electrons. The third-order valence-electron chi connectivity index (χ3n) is 4.18. The van der Waals surface area contributed by atoms with Gasteiger partial charge in [0.05, 0.1) is 17.1 Å². The highest BCUT2D eigenvalue weighted by atomic mass is 32.1. The van der Waals surface area contributed by atoms with E-state index in [2.05, 4.69) is 41.4 Å². The molecule has 2 N–H and O–H groups in total. The van der Waals surface area contributed by atoms with Crippen LogP contribution in [0.2, 0.25) is 0 Å². The van der Waals surface area contributed by atoms with E-state index in [9.17, 15) is 9.59 Å². The van der Waals surface area contributed by atoms with E-state index in [1.807, 2.05) is 29.6 Å². The maximum absolute atomic E-state index is 12.2. The van der Waals surface area contributed by atoms with Crippen LogP contribution in [0.15, 0.2) is 54.2 Å². The van der Waals surface area contributed by atoms with Crippen molar-refractivity contribution in [1.29, 1.82) is 0 Å². The monoisotopic (exact) mass is 408 g/mol. The number of nitrogens with one attached hydrogen (secondary N) is 2. The lowest BCUT2D eigenvalue weighted by molar-refractivity contribution is -0.120. The van der Waals surface area contributed by atoms with E-state index in [4.69, 9.17) is 0 Å². The second kappa shape index (κ2) is 8.96. The Morgan fingerprint density at radius 1 is 1.03 bits per heavy atom. The summed E-state index contributed by atoms with van der Waals surface area (Å²) < 4.78 is 0. The van der Waals surface area contributed by atoms with Crippen molar-refractivity contribution in [3.05, 3.63) is 76.0 Å². The highest BCUT2D eigenvalue weighted by Gasteiger charge is 2.18. The summed E-state index contributed by atoms with van der Waals surface area (Å²) in [7, 11) is 0.